The number of carbonyl (C=O) groups is 1. The van der Waals surface area contributed by atoms with Crippen molar-refractivity contribution in [1.82, 2.24) is 9.88 Å². The van der Waals surface area contributed by atoms with E-state index in [9.17, 15) is 19.3 Å². The SMILES string of the molecule is O=C(Oc1ccc([N+](=O)[O-])cc1)N1CC2(C1)CN(c1ccc(F)cn1)C2. The Bertz CT molecular complexity index is 842. The van der Waals surface area contributed by atoms with Gasteiger partial charge in [-0.15, -0.1) is 0 Å². The van der Waals surface area contributed by atoms with Gasteiger partial charge in [0.25, 0.3) is 5.69 Å². The molecule has 0 saturated carbocycles. The minimum Gasteiger partial charge on any atom is -0.410 e. The Morgan fingerprint density at radius 1 is 1.15 bits per heavy atom. The number of hydrogen-bond donors (Lipinski definition) is 0. The number of hydrogen-bond acceptors (Lipinski definition) is 6. The van der Waals surface area contributed by atoms with Gasteiger partial charge in [-0.3, -0.25) is 10.1 Å². The molecule has 1 aromatic heterocycles. The van der Waals surface area contributed by atoms with Crippen LogP contribution >= 0.6 is 0 Å². The molecule has 0 atom stereocenters. The number of carbonyl (C=O) groups excluding carboxylic acids is 1. The summed E-state index contributed by atoms with van der Waals surface area (Å²) < 4.78 is 18.1. The second-order valence-corrected chi connectivity index (χ2v) is 6.67. The van der Waals surface area contributed by atoms with E-state index in [1.807, 2.05) is 4.90 Å². The van der Waals surface area contributed by atoms with Crippen molar-refractivity contribution in [2.75, 3.05) is 31.1 Å². The van der Waals surface area contributed by atoms with Crippen molar-refractivity contribution in [2.24, 2.45) is 5.41 Å². The minimum atomic E-state index is -0.511. The second-order valence-electron chi connectivity index (χ2n) is 6.67. The number of nitro groups is 1. The number of non-ortho nitro benzene ring substituents is 1. The van der Waals surface area contributed by atoms with E-state index in [0.29, 0.717) is 13.1 Å². The summed E-state index contributed by atoms with van der Waals surface area (Å²) in [5.41, 5.74) is -0.0263. The van der Waals surface area contributed by atoms with Gasteiger partial charge >= 0.3 is 6.09 Å². The second kappa shape index (κ2) is 5.94. The van der Waals surface area contributed by atoms with E-state index in [-0.39, 0.29) is 22.7 Å². The molecule has 9 heteroatoms. The van der Waals surface area contributed by atoms with Gasteiger partial charge in [-0.1, -0.05) is 0 Å². The van der Waals surface area contributed by atoms with Crippen LogP contribution in [0.5, 0.6) is 5.75 Å². The normalized spacial score (nSPS) is 17.4. The summed E-state index contributed by atoms with van der Waals surface area (Å²) in [6.07, 6.45) is 0.720. The molecule has 26 heavy (non-hydrogen) atoms. The highest BCUT2D eigenvalue weighted by molar-refractivity contribution is 5.72. The van der Waals surface area contributed by atoms with Crippen molar-refractivity contribution in [2.45, 2.75) is 0 Å². The van der Waals surface area contributed by atoms with Crippen molar-refractivity contribution in [3.63, 3.8) is 0 Å². The molecule has 134 valence electrons. The third-order valence-corrected chi connectivity index (χ3v) is 4.65. The number of ether oxygens (including phenoxy) is 1. The van der Waals surface area contributed by atoms with Crippen LogP contribution in [0.15, 0.2) is 42.6 Å². The summed E-state index contributed by atoms with van der Waals surface area (Å²) >= 11 is 0. The lowest BCUT2D eigenvalue weighted by Crippen LogP contribution is -2.73. The summed E-state index contributed by atoms with van der Waals surface area (Å²) in [6.45, 7) is 2.67. The number of pyridine rings is 1. The van der Waals surface area contributed by atoms with Crippen molar-refractivity contribution in [3.05, 3.63) is 58.5 Å². The molecule has 2 aliphatic heterocycles. The van der Waals surface area contributed by atoms with E-state index in [2.05, 4.69) is 4.98 Å². The van der Waals surface area contributed by atoms with Crippen molar-refractivity contribution >= 4 is 17.6 Å². The standard InChI is InChI=1S/C17H15FN4O4/c18-12-1-6-15(19-7-12)20-8-17(9-20)10-21(11-17)16(23)26-14-4-2-13(3-5-14)22(24)25/h1-7H,8-11H2. The molecule has 1 spiro atoms. The number of benzene rings is 1. The average molecular weight is 358 g/mol. The van der Waals surface area contributed by atoms with Gasteiger partial charge in [0.1, 0.15) is 17.4 Å². The first-order valence-corrected chi connectivity index (χ1v) is 8.02. The molecule has 1 aromatic carbocycles. The lowest BCUT2D eigenvalue weighted by molar-refractivity contribution is -0.384. The van der Waals surface area contributed by atoms with Crippen LogP contribution in [0.2, 0.25) is 0 Å². The van der Waals surface area contributed by atoms with E-state index in [4.69, 9.17) is 4.74 Å². The summed E-state index contributed by atoms with van der Waals surface area (Å²) in [7, 11) is 0. The Hall–Kier alpha value is -3.23. The fourth-order valence-electron chi connectivity index (χ4n) is 3.37. The molecule has 2 saturated heterocycles. The van der Waals surface area contributed by atoms with Gasteiger partial charge in [-0.2, -0.15) is 0 Å². The highest BCUT2D eigenvalue weighted by atomic mass is 19.1. The Kier molecular flexibility index (Phi) is 3.71. The molecule has 0 bridgehead atoms. The van der Waals surface area contributed by atoms with Crippen LogP contribution in [0.3, 0.4) is 0 Å². The van der Waals surface area contributed by atoms with Gasteiger partial charge in [0, 0.05) is 43.7 Å². The molecule has 8 nitrogen and oxygen atoms in total. The molecule has 2 aromatic rings. The van der Waals surface area contributed by atoms with E-state index in [0.717, 1.165) is 18.9 Å². The zero-order valence-corrected chi connectivity index (χ0v) is 13.7. The Labute approximate surface area is 147 Å². The maximum atomic E-state index is 12.9. The lowest BCUT2D eigenvalue weighted by Gasteiger charge is -2.59. The van der Waals surface area contributed by atoms with Crippen LogP contribution in [0.25, 0.3) is 0 Å². The summed E-state index contributed by atoms with van der Waals surface area (Å²) in [4.78, 5) is 29.9. The molecule has 2 aliphatic rings. The topological polar surface area (TPSA) is 88.8 Å². The van der Waals surface area contributed by atoms with E-state index >= 15 is 0 Å². The highest BCUT2D eigenvalue weighted by Gasteiger charge is 2.54. The van der Waals surface area contributed by atoms with Crippen LogP contribution < -0.4 is 9.64 Å². The highest BCUT2D eigenvalue weighted by Crippen LogP contribution is 2.41. The first-order chi connectivity index (χ1) is 12.4. The molecule has 4 rings (SSSR count). The van der Waals surface area contributed by atoms with Crippen molar-refractivity contribution in [1.29, 1.82) is 0 Å². The number of rotatable bonds is 3. The fourth-order valence-corrected chi connectivity index (χ4v) is 3.37. The lowest BCUT2D eigenvalue weighted by atomic mass is 9.73. The maximum Gasteiger partial charge on any atom is 0.415 e. The molecule has 2 fully saturated rings. The summed E-state index contributed by atoms with van der Waals surface area (Å²) in [5.74, 6) is 0.629. The van der Waals surface area contributed by atoms with Crippen molar-refractivity contribution < 1.29 is 18.8 Å². The predicted molar refractivity (Wildman–Crippen MR) is 89.5 cm³/mol. The van der Waals surface area contributed by atoms with Crippen LogP contribution in [0.4, 0.5) is 20.7 Å². The largest absolute Gasteiger partial charge is 0.415 e. The predicted octanol–water partition coefficient (Wildman–Crippen LogP) is 2.45. The molecular weight excluding hydrogens is 343 g/mol. The van der Waals surface area contributed by atoms with Crippen LogP contribution in [0, 0.1) is 21.3 Å². The zero-order chi connectivity index (χ0) is 18.3. The van der Waals surface area contributed by atoms with Crippen LogP contribution in [-0.2, 0) is 0 Å². The molecular formula is C17H15FN4O4. The van der Waals surface area contributed by atoms with Crippen LogP contribution in [0.1, 0.15) is 0 Å². The summed E-state index contributed by atoms with van der Waals surface area (Å²) in [5, 5.41) is 10.6. The monoisotopic (exact) mass is 358 g/mol. The molecule has 0 radical (unpaired) electrons. The van der Waals surface area contributed by atoms with Crippen LogP contribution in [-0.4, -0.2) is 47.1 Å². The smallest absolute Gasteiger partial charge is 0.410 e. The Morgan fingerprint density at radius 2 is 1.85 bits per heavy atom. The maximum absolute atomic E-state index is 12.9. The quantitative estimate of drug-likeness (QED) is 0.618. The number of aromatic nitrogens is 1. The van der Waals surface area contributed by atoms with Crippen molar-refractivity contribution in [3.8, 4) is 5.75 Å². The zero-order valence-electron chi connectivity index (χ0n) is 13.7. The van der Waals surface area contributed by atoms with E-state index in [1.54, 1.807) is 11.0 Å². The number of likely N-dealkylation sites (tertiary alicyclic amines) is 1. The minimum absolute atomic E-state index is 0.0323. The average Bonchev–Trinajstić information content (AvgIpc) is 2.54. The first kappa shape index (κ1) is 16.2. The van der Waals surface area contributed by atoms with Gasteiger partial charge in [0.2, 0.25) is 0 Å². The summed E-state index contributed by atoms with van der Waals surface area (Å²) in [6, 6.07) is 8.40. The van der Waals surface area contributed by atoms with Gasteiger partial charge in [0.15, 0.2) is 0 Å². The molecule has 0 N–H and O–H groups in total. The van der Waals surface area contributed by atoms with E-state index in [1.165, 1.54) is 36.5 Å². The van der Waals surface area contributed by atoms with Gasteiger partial charge in [0.05, 0.1) is 11.1 Å². The third-order valence-electron chi connectivity index (χ3n) is 4.65. The number of amides is 1. The van der Waals surface area contributed by atoms with E-state index < -0.39 is 11.0 Å². The molecule has 0 aliphatic carbocycles. The molecule has 3 heterocycles. The fraction of sp³-hybridized carbons (Fsp3) is 0.294. The number of nitro benzene ring substituents is 1. The number of nitrogens with zero attached hydrogens (tertiary/aromatic N) is 4. The Balaban J connectivity index is 1.28. The van der Waals surface area contributed by atoms with Gasteiger partial charge in [-0.05, 0) is 24.3 Å². The molecule has 0 unspecified atom stereocenters. The number of anilines is 1. The molecule has 1 amide bonds. The Morgan fingerprint density at radius 3 is 2.42 bits per heavy atom. The van der Waals surface area contributed by atoms with Gasteiger partial charge < -0.3 is 14.5 Å². The first-order valence-electron chi connectivity index (χ1n) is 8.02. The number of halogens is 1. The third kappa shape index (κ3) is 2.92. The van der Waals surface area contributed by atoms with Gasteiger partial charge in [-0.25, -0.2) is 14.2 Å².